The van der Waals surface area contributed by atoms with Crippen LogP contribution in [-0.2, 0) is 9.53 Å². The number of hydrogen-bond acceptors (Lipinski definition) is 5. The van der Waals surface area contributed by atoms with Crippen LogP contribution in [0.5, 0.6) is 0 Å². The quantitative estimate of drug-likeness (QED) is 0.541. The molecule has 1 N–H and O–H groups in total. The summed E-state index contributed by atoms with van der Waals surface area (Å²) in [6, 6.07) is 11.5. The number of imide groups is 1. The molecule has 1 aliphatic heterocycles. The SMILES string of the molecule is Cc1cccc(NC(=O)[C@H](C)OC(=O)c2ccc3c(c2)C(=O)N(CCC(C)C)C3=O)c1. The van der Waals surface area contributed by atoms with E-state index in [1.165, 1.54) is 30.0 Å². The van der Waals surface area contributed by atoms with Crippen molar-refractivity contribution in [3.05, 3.63) is 64.7 Å². The summed E-state index contributed by atoms with van der Waals surface area (Å²) in [4.78, 5) is 51.2. The second-order valence-corrected chi connectivity index (χ2v) is 8.11. The highest BCUT2D eigenvalue weighted by molar-refractivity contribution is 6.22. The Hall–Kier alpha value is -3.48. The molecule has 1 atom stereocenters. The Labute approximate surface area is 181 Å². The molecule has 1 aliphatic rings. The topological polar surface area (TPSA) is 92.8 Å². The first kappa shape index (κ1) is 22.2. The van der Waals surface area contributed by atoms with Crippen LogP contribution in [0.4, 0.5) is 5.69 Å². The molecule has 0 aromatic heterocycles. The number of nitrogens with one attached hydrogen (secondary N) is 1. The highest BCUT2D eigenvalue weighted by atomic mass is 16.5. The van der Waals surface area contributed by atoms with Gasteiger partial charge in [-0.1, -0.05) is 26.0 Å². The van der Waals surface area contributed by atoms with Crippen LogP contribution >= 0.6 is 0 Å². The van der Waals surface area contributed by atoms with Gasteiger partial charge in [0.15, 0.2) is 6.10 Å². The molecule has 0 unspecified atom stereocenters. The lowest BCUT2D eigenvalue weighted by atomic mass is 10.1. The maximum Gasteiger partial charge on any atom is 0.338 e. The van der Waals surface area contributed by atoms with Crippen molar-refractivity contribution in [1.29, 1.82) is 0 Å². The fraction of sp³-hybridized carbons (Fsp3) is 0.333. The van der Waals surface area contributed by atoms with Crippen LogP contribution in [0.25, 0.3) is 0 Å². The summed E-state index contributed by atoms with van der Waals surface area (Å²) < 4.78 is 5.27. The highest BCUT2D eigenvalue weighted by Crippen LogP contribution is 2.25. The van der Waals surface area contributed by atoms with Crippen molar-refractivity contribution in [3.8, 4) is 0 Å². The lowest BCUT2D eigenvalue weighted by Gasteiger charge is -2.14. The van der Waals surface area contributed by atoms with E-state index >= 15 is 0 Å². The molecule has 0 saturated heterocycles. The number of ether oxygens (including phenoxy) is 1. The summed E-state index contributed by atoms with van der Waals surface area (Å²) in [5.41, 5.74) is 2.16. The van der Waals surface area contributed by atoms with Gasteiger partial charge in [0.05, 0.1) is 16.7 Å². The summed E-state index contributed by atoms with van der Waals surface area (Å²) in [5.74, 6) is -1.63. The number of carbonyl (C=O) groups is 4. The first-order valence-corrected chi connectivity index (χ1v) is 10.3. The molecule has 7 heteroatoms. The predicted octanol–water partition coefficient (Wildman–Crippen LogP) is 3.82. The first-order valence-electron chi connectivity index (χ1n) is 10.3. The molecule has 31 heavy (non-hydrogen) atoms. The van der Waals surface area contributed by atoms with E-state index in [1.807, 2.05) is 32.9 Å². The van der Waals surface area contributed by atoms with Gasteiger partial charge in [-0.3, -0.25) is 19.3 Å². The minimum absolute atomic E-state index is 0.112. The molecule has 0 fully saturated rings. The fourth-order valence-electron chi connectivity index (χ4n) is 3.26. The van der Waals surface area contributed by atoms with Crippen LogP contribution in [0.1, 0.15) is 63.8 Å². The van der Waals surface area contributed by atoms with Crippen LogP contribution in [0.3, 0.4) is 0 Å². The second kappa shape index (κ2) is 9.12. The molecule has 0 bridgehead atoms. The monoisotopic (exact) mass is 422 g/mol. The third-order valence-electron chi connectivity index (χ3n) is 5.08. The standard InChI is InChI=1S/C24H26N2O5/c1-14(2)10-11-26-22(28)19-9-8-17(13-20(19)23(26)29)24(30)31-16(4)21(27)25-18-7-5-6-15(3)12-18/h5-9,12-14,16H,10-11H2,1-4H3,(H,25,27)/t16-/m0/s1. The van der Waals surface area contributed by atoms with Crippen molar-refractivity contribution in [1.82, 2.24) is 4.90 Å². The van der Waals surface area contributed by atoms with E-state index in [-0.39, 0.29) is 22.6 Å². The molecule has 0 saturated carbocycles. The maximum absolute atomic E-state index is 12.6. The summed E-state index contributed by atoms with van der Waals surface area (Å²) >= 11 is 0. The van der Waals surface area contributed by atoms with Crippen molar-refractivity contribution < 1.29 is 23.9 Å². The van der Waals surface area contributed by atoms with Crippen LogP contribution in [0.15, 0.2) is 42.5 Å². The maximum atomic E-state index is 12.6. The number of benzene rings is 2. The molecule has 0 radical (unpaired) electrons. The molecule has 162 valence electrons. The number of rotatable bonds is 7. The van der Waals surface area contributed by atoms with Crippen LogP contribution in [-0.4, -0.2) is 41.2 Å². The van der Waals surface area contributed by atoms with E-state index in [9.17, 15) is 19.2 Å². The molecule has 3 rings (SSSR count). The number of hydrogen-bond donors (Lipinski definition) is 1. The number of amides is 3. The van der Waals surface area contributed by atoms with Crippen LogP contribution < -0.4 is 5.32 Å². The average molecular weight is 422 g/mol. The Morgan fingerprint density at radius 3 is 2.39 bits per heavy atom. The largest absolute Gasteiger partial charge is 0.449 e. The Morgan fingerprint density at radius 1 is 1.00 bits per heavy atom. The second-order valence-electron chi connectivity index (χ2n) is 8.11. The minimum atomic E-state index is -1.04. The summed E-state index contributed by atoms with van der Waals surface area (Å²) in [6.45, 7) is 7.74. The number of anilines is 1. The molecular formula is C24H26N2O5. The Bertz CT molecular complexity index is 1040. The average Bonchev–Trinajstić information content (AvgIpc) is 2.95. The van der Waals surface area contributed by atoms with Crippen molar-refractivity contribution in [2.45, 2.75) is 40.2 Å². The third kappa shape index (κ3) is 4.99. The highest BCUT2D eigenvalue weighted by Gasteiger charge is 2.36. The number of aryl methyl sites for hydroxylation is 1. The van der Waals surface area contributed by atoms with Crippen molar-refractivity contribution >= 4 is 29.4 Å². The molecule has 0 spiro atoms. The van der Waals surface area contributed by atoms with Crippen molar-refractivity contribution in [2.24, 2.45) is 5.92 Å². The van der Waals surface area contributed by atoms with Crippen molar-refractivity contribution in [3.63, 3.8) is 0 Å². The predicted molar refractivity (Wildman–Crippen MR) is 116 cm³/mol. The number of fused-ring (bicyclic) bond motifs is 1. The van der Waals surface area contributed by atoms with Gasteiger partial charge in [-0.2, -0.15) is 0 Å². The van der Waals surface area contributed by atoms with Crippen LogP contribution in [0.2, 0.25) is 0 Å². The van der Waals surface area contributed by atoms with Gasteiger partial charge in [0.2, 0.25) is 0 Å². The van der Waals surface area contributed by atoms with Gasteiger partial charge in [-0.15, -0.1) is 0 Å². The minimum Gasteiger partial charge on any atom is -0.449 e. The van der Waals surface area contributed by atoms with E-state index in [0.29, 0.717) is 24.6 Å². The van der Waals surface area contributed by atoms with Crippen molar-refractivity contribution in [2.75, 3.05) is 11.9 Å². The number of nitrogens with zero attached hydrogens (tertiary/aromatic N) is 1. The van der Waals surface area contributed by atoms with E-state index in [4.69, 9.17) is 4.74 Å². The summed E-state index contributed by atoms with van der Waals surface area (Å²) in [7, 11) is 0. The number of carbonyl (C=O) groups excluding carboxylic acids is 4. The lowest BCUT2D eigenvalue weighted by molar-refractivity contribution is -0.123. The molecule has 1 heterocycles. The van der Waals surface area contributed by atoms with E-state index < -0.39 is 23.9 Å². The normalized spacial score (nSPS) is 13.9. The zero-order valence-electron chi connectivity index (χ0n) is 18.1. The molecule has 0 aliphatic carbocycles. The Balaban J connectivity index is 1.67. The third-order valence-corrected chi connectivity index (χ3v) is 5.08. The van der Waals surface area contributed by atoms with Gasteiger partial charge in [0, 0.05) is 12.2 Å². The molecule has 2 aromatic carbocycles. The van der Waals surface area contributed by atoms with E-state index in [0.717, 1.165) is 5.56 Å². The van der Waals surface area contributed by atoms with Gasteiger partial charge < -0.3 is 10.1 Å². The molecule has 7 nitrogen and oxygen atoms in total. The first-order chi connectivity index (χ1) is 14.7. The Morgan fingerprint density at radius 2 is 1.71 bits per heavy atom. The van der Waals surface area contributed by atoms with E-state index in [2.05, 4.69) is 5.32 Å². The zero-order chi connectivity index (χ0) is 22.7. The number of esters is 1. The molecule has 2 aromatic rings. The van der Waals surface area contributed by atoms with Gasteiger partial charge in [0.25, 0.3) is 17.7 Å². The van der Waals surface area contributed by atoms with Gasteiger partial charge >= 0.3 is 5.97 Å². The zero-order valence-corrected chi connectivity index (χ0v) is 18.1. The van der Waals surface area contributed by atoms with Gasteiger partial charge in [-0.25, -0.2) is 4.79 Å². The lowest BCUT2D eigenvalue weighted by Crippen LogP contribution is -2.31. The summed E-state index contributed by atoms with van der Waals surface area (Å²) in [6.07, 6.45) is -0.338. The molecular weight excluding hydrogens is 396 g/mol. The summed E-state index contributed by atoms with van der Waals surface area (Å²) in [5, 5.41) is 2.70. The van der Waals surface area contributed by atoms with Crippen LogP contribution in [0, 0.1) is 12.8 Å². The molecule has 3 amide bonds. The van der Waals surface area contributed by atoms with Gasteiger partial charge in [-0.05, 0) is 62.1 Å². The van der Waals surface area contributed by atoms with Gasteiger partial charge in [0.1, 0.15) is 0 Å². The fourth-order valence-corrected chi connectivity index (χ4v) is 3.26. The smallest absolute Gasteiger partial charge is 0.338 e. The Kier molecular flexibility index (Phi) is 6.53. The van der Waals surface area contributed by atoms with E-state index in [1.54, 1.807) is 12.1 Å².